The first-order chi connectivity index (χ1) is 6.76. The Hall–Kier alpha value is -0.820. The fourth-order valence-corrected chi connectivity index (χ4v) is 2.21. The molecule has 1 aromatic rings. The zero-order chi connectivity index (χ0) is 10.0. The summed E-state index contributed by atoms with van der Waals surface area (Å²) in [7, 11) is 0. The average molecular weight is 189 g/mol. The van der Waals surface area contributed by atoms with Crippen LogP contribution in [0.3, 0.4) is 0 Å². The number of benzene rings is 1. The summed E-state index contributed by atoms with van der Waals surface area (Å²) in [5, 5.41) is 0. The second-order valence-corrected chi connectivity index (χ2v) is 4.64. The third kappa shape index (κ3) is 1.98. The van der Waals surface area contributed by atoms with Gasteiger partial charge in [0.25, 0.3) is 0 Å². The Kier molecular flexibility index (Phi) is 2.60. The van der Waals surface area contributed by atoms with Crippen LogP contribution < -0.4 is 5.73 Å². The second-order valence-electron chi connectivity index (χ2n) is 4.64. The third-order valence-electron chi connectivity index (χ3n) is 3.46. The molecular formula is C13H19N. The van der Waals surface area contributed by atoms with E-state index in [0.29, 0.717) is 5.41 Å². The van der Waals surface area contributed by atoms with Crippen molar-refractivity contribution in [3.05, 3.63) is 35.4 Å². The van der Waals surface area contributed by atoms with Crippen molar-refractivity contribution in [1.82, 2.24) is 0 Å². The molecule has 1 fully saturated rings. The summed E-state index contributed by atoms with van der Waals surface area (Å²) >= 11 is 0. The molecule has 14 heavy (non-hydrogen) atoms. The van der Waals surface area contributed by atoms with Crippen LogP contribution in [-0.4, -0.2) is 6.54 Å². The number of hydrogen-bond acceptors (Lipinski definition) is 1. The first kappa shape index (κ1) is 9.72. The maximum absolute atomic E-state index is 5.65. The highest BCUT2D eigenvalue weighted by atomic mass is 14.6. The molecule has 1 aliphatic rings. The van der Waals surface area contributed by atoms with Crippen LogP contribution in [0.1, 0.15) is 30.4 Å². The SMILES string of the molecule is Cc1ccccc1CC1(CCN)CC1. The molecule has 2 N–H and O–H groups in total. The monoisotopic (exact) mass is 189 g/mol. The fourth-order valence-electron chi connectivity index (χ4n) is 2.21. The summed E-state index contributed by atoms with van der Waals surface area (Å²) in [5.41, 5.74) is 9.16. The number of nitrogens with two attached hydrogens (primary N) is 1. The fraction of sp³-hybridized carbons (Fsp3) is 0.538. The van der Waals surface area contributed by atoms with Crippen molar-refractivity contribution in [1.29, 1.82) is 0 Å². The van der Waals surface area contributed by atoms with Gasteiger partial charge in [-0.2, -0.15) is 0 Å². The molecule has 0 aromatic heterocycles. The average Bonchev–Trinajstić information content (AvgIpc) is 2.90. The molecule has 0 saturated heterocycles. The van der Waals surface area contributed by atoms with Gasteiger partial charge in [0.05, 0.1) is 0 Å². The summed E-state index contributed by atoms with van der Waals surface area (Å²) in [5.74, 6) is 0. The van der Waals surface area contributed by atoms with E-state index < -0.39 is 0 Å². The van der Waals surface area contributed by atoms with Crippen LogP contribution in [0.25, 0.3) is 0 Å². The van der Waals surface area contributed by atoms with Gasteiger partial charge in [0, 0.05) is 0 Å². The van der Waals surface area contributed by atoms with E-state index in [2.05, 4.69) is 31.2 Å². The Morgan fingerprint density at radius 2 is 2.00 bits per heavy atom. The summed E-state index contributed by atoms with van der Waals surface area (Å²) in [6, 6.07) is 8.71. The zero-order valence-electron chi connectivity index (χ0n) is 8.92. The van der Waals surface area contributed by atoms with Gasteiger partial charge in [0.2, 0.25) is 0 Å². The van der Waals surface area contributed by atoms with E-state index in [-0.39, 0.29) is 0 Å². The van der Waals surface area contributed by atoms with Crippen molar-refractivity contribution < 1.29 is 0 Å². The lowest BCUT2D eigenvalue weighted by atomic mass is 9.91. The molecule has 0 heterocycles. The maximum Gasteiger partial charge on any atom is -0.00719 e. The van der Waals surface area contributed by atoms with Crippen molar-refractivity contribution >= 4 is 0 Å². The maximum atomic E-state index is 5.65. The molecule has 1 nitrogen and oxygen atoms in total. The van der Waals surface area contributed by atoms with E-state index in [9.17, 15) is 0 Å². The van der Waals surface area contributed by atoms with Crippen LogP contribution in [-0.2, 0) is 6.42 Å². The van der Waals surface area contributed by atoms with Crippen LogP contribution in [0.15, 0.2) is 24.3 Å². The highest BCUT2D eigenvalue weighted by Crippen LogP contribution is 2.51. The van der Waals surface area contributed by atoms with E-state index >= 15 is 0 Å². The molecule has 0 amide bonds. The van der Waals surface area contributed by atoms with Gasteiger partial charge in [0.15, 0.2) is 0 Å². The molecule has 0 aliphatic heterocycles. The first-order valence-corrected chi connectivity index (χ1v) is 5.50. The second kappa shape index (κ2) is 3.74. The van der Waals surface area contributed by atoms with Gasteiger partial charge in [-0.1, -0.05) is 24.3 Å². The van der Waals surface area contributed by atoms with E-state index in [0.717, 1.165) is 6.54 Å². The Labute approximate surface area is 86.3 Å². The lowest BCUT2D eigenvalue weighted by molar-refractivity contribution is 0.470. The molecule has 0 radical (unpaired) electrons. The van der Waals surface area contributed by atoms with Gasteiger partial charge in [-0.25, -0.2) is 0 Å². The van der Waals surface area contributed by atoms with Gasteiger partial charge < -0.3 is 5.73 Å². The third-order valence-corrected chi connectivity index (χ3v) is 3.46. The van der Waals surface area contributed by atoms with Crippen LogP contribution in [0.5, 0.6) is 0 Å². The summed E-state index contributed by atoms with van der Waals surface area (Å²) < 4.78 is 0. The van der Waals surface area contributed by atoms with Gasteiger partial charge in [-0.15, -0.1) is 0 Å². The van der Waals surface area contributed by atoms with Crippen LogP contribution >= 0.6 is 0 Å². The highest BCUT2D eigenvalue weighted by molar-refractivity contribution is 5.27. The zero-order valence-corrected chi connectivity index (χ0v) is 8.92. The van der Waals surface area contributed by atoms with Crippen molar-refractivity contribution in [2.24, 2.45) is 11.1 Å². The summed E-state index contributed by atoms with van der Waals surface area (Å²) in [6.45, 7) is 3.04. The van der Waals surface area contributed by atoms with E-state index in [1.165, 1.54) is 36.8 Å². The molecule has 1 aromatic carbocycles. The molecule has 1 saturated carbocycles. The van der Waals surface area contributed by atoms with Crippen LogP contribution in [0.2, 0.25) is 0 Å². The van der Waals surface area contributed by atoms with Crippen molar-refractivity contribution in [3.8, 4) is 0 Å². The molecule has 1 heteroatoms. The first-order valence-electron chi connectivity index (χ1n) is 5.50. The van der Waals surface area contributed by atoms with E-state index in [1.54, 1.807) is 0 Å². The topological polar surface area (TPSA) is 26.0 Å². The molecule has 76 valence electrons. The lowest BCUT2D eigenvalue weighted by Gasteiger charge is -2.15. The smallest absolute Gasteiger partial charge is 0.00719 e. The molecule has 1 aliphatic carbocycles. The largest absolute Gasteiger partial charge is 0.330 e. The molecule has 0 spiro atoms. The molecular weight excluding hydrogens is 170 g/mol. The standard InChI is InChI=1S/C13H19N/c1-11-4-2-3-5-12(11)10-13(6-7-13)8-9-14/h2-5H,6-10,14H2,1H3. The number of rotatable bonds is 4. The lowest BCUT2D eigenvalue weighted by Crippen LogP contribution is -2.12. The van der Waals surface area contributed by atoms with Crippen LogP contribution in [0, 0.1) is 12.3 Å². The molecule has 0 atom stereocenters. The van der Waals surface area contributed by atoms with E-state index in [4.69, 9.17) is 5.73 Å². The van der Waals surface area contributed by atoms with Gasteiger partial charge in [-0.3, -0.25) is 0 Å². The summed E-state index contributed by atoms with van der Waals surface area (Å²) in [4.78, 5) is 0. The number of hydrogen-bond donors (Lipinski definition) is 1. The summed E-state index contributed by atoms with van der Waals surface area (Å²) in [6.07, 6.45) is 5.18. The van der Waals surface area contributed by atoms with Crippen molar-refractivity contribution in [2.45, 2.75) is 32.6 Å². The van der Waals surface area contributed by atoms with Crippen LogP contribution in [0.4, 0.5) is 0 Å². The van der Waals surface area contributed by atoms with E-state index in [1.807, 2.05) is 0 Å². The normalized spacial score (nSPS) is 18.1. The quantitative estimate of drug-likeness (QED) is 0.774. The minimum absolute atomic E-state index is 0.570. The predicted molar refractivity (Wildman–Crippen MR) is 60.2 cm³/mol. The predicted octanol–water partition coefficient (Wildman–Crippen LogP) is 2.67. The minimum Gasteiger partial charge on any atom is -0.330 e. The van der Waals surface area contributed by atoms with Gasteiger partial charge >= 0.3 is 0 Å². The van der Waals surface area contributed by atoms with Crippen molar-refractivity contribution in [3.63, 3.8) is 0 Å². The molecule has 0 bridgehead atoms. The molecule has 2 rings (SSSR count). The number of aryl methyl sites for hydroxylation is 1. The Morgan fingerprint density at radius 1 is 1.29 bits per heavy atom. The highest BCUT2D eigenvalue weighted by Gasteiger charge is 2.41. The Bertz CT molecular complexity index is 313. The Balaban J connectivity index is 2.07. The van der Waals surface area contributed by atoms with Crippen molar-refractivity contribution in [2.75, 3.05) is 6.54 Å². The molecule has 0 unspecified atom stereocenters. The minimum atomic E-state index is 0.570. The van der Waals surface area contributed by atoms with Gasteiger partial charge in [-0.05, 0) is 55.7 Å². The Morgan fingerprint density at radius 3 is 2.57 bits per heavy atom. The van der Waals surface area contributed by atoms with Gasteiger partial charge in [0.1, 0.15) is 0 Å².